The maximum absolute atomic E-state index is 12.6. The van der Waals surface area contributed by atoms with Crippen LogP contribution >= 0.6 is 0 Å². The number of nitrogens with zero attached hydrogens (tertiary/aromatic N) is 3. The van der Waals surface area contributed by atoms with Gasteiger partial charge in [-0.25, -0.2) is 0 Å². The molecule has 0 spiro atoms. The van der Waals surface area contributed by atoms with Gasteiger partial charge in [-0.05, 0) is 42.8 Å². The number of benzene rings is 2. The molecule has 3 rings (SSSR count). The molecule has 0 radical (unpaired) electrons. The molecule has 0 atom stereocenters. The summed E-state index contributed by atoms with van der Waals surface area (Å²) in [6.45, 7) is 1.58. The van der Waals surface area contributed by atoms with Crippen LogP contribution in [-0.4, -0.2) is 20.8 Å². The fourth-order valence-electron chi connectivity index (χ4n) is 2.35. The number of hydrogen-bond acceptors (Lipinski definition) is 3. The van der Waals surface area contributed by atoms with Crippen LogP contribution in [0, 0.1) is 0 Å². The Labute approximate surface area is 147 Å². The SMILES string of the molecule is C/C(=C\c1cnn(-c2ccccc2)n1)C(=O)c1ccc(C(F)(F)F)cc1. The largest absolute Gasteiger partial charge is 0.416 e. The highest BCUT2D eigenvalue weighted by atomic mass is 19.4. The van der Waals surface area contributed by atoms with E-state index in [0.717, 1.165) is 17.8 Å². The Hall–Kier alpha value is -3.22. The second-order valence-electron chi connectivity index (χ2n) is 5.63. The molecular weight excluding hydrogens is 343 g/mol. The molecule has 7 heteroatoms. The van der Waals surface area contributed by atoms with E-state index in [1.807, 2.05) is 30.3 Å². The lowest BCUT2D eigenvalue weighted by atomic mass is 10.0. The van der Waals surface area contributed by atoms with Crippen molar-refractivity contribution in [2.45, 2.75) is 13.1 Å². The minimum absolute atomic E-state index is 0.183. The first kappa shape index (κ1) is 17.6. The van der Waals surface area contributed by atoms with E-state index in [4.69, 9.17) is 0 Å². The maximum Gasteiger partial charge on any atom is 0.416 e. The zero-order valence-corrected chi connectivity index (χ0v) is 13.7. The molecule has 0 aliphatic carbocycles. The second-order valence-corrected chi connectivity index (χ2v) is 5.63. The summed E-state index contributed by atoms with van der Waals surface area (Å²) in [5.74, 6) is -0.368. The third-order valence-corrected chi connectivity index (χ3v) is 3.69. The lowest BCUT2D eigenvalue weighted by Crippen LogP contribution is -2.06. The van der Waals surface area contributed by atoms with Crippen LogP contribution in [0.3, 0.4) is 0 Å². The Morgan fingerprint density at radius 2 is 1.69 bits per heavy atom. The average Bonchev–Trinajstić information content (AvgIpc) is 3.09. The monoisotopic (exact) mass is 357 g/mol. The van der Waals surface area contributed by atoms with Gasteiger partial charge in [0.05, 0.1) is 17.4 Å². The number of carbonyl (C=O) groups excluding carboxylic acids is 1. The molecule has 4 nitrogen and oxygen atoms in total. The molecule has 0 aliphatic heterocycles. The van der Waals surface area contributed by atoms with Gasteiger partial charge in [-0.2, -0.15) is 23.1 Å². The van der Waals surface area contributed by atoms with Crippen molar-refractivity contribution < 1.29 is 18.0 Å². The van der Waals surface area contributed by atoms with Gasteiger partial charge in [-0.15, -0.1) is 5.10 Å². The van der Waals surface area contributed by atoms with Crippen LogP contribution in [0.25, 0.3) is 11.8 Å². The van der Waals surface area contributed by atoms with Gasteiger partial charge >= 0.3 is 6.18 Å². The van der Waals surface area contributed by atoms with Crippen molar-refractivity contribution in [2.24, 2.45) is 0 Å². The number of ketones is 1. The van der Waals surface area contributed by atoms with E-state index in [1.165, 1.54) is 23.1 Å². The molecule has 0 fully saturated rings. The Morgan fingerprint density at radius 1 is 1.04 bits per heavy atom. The first-order chi connectivity index (χ1) is 12.3. The van der Waals surface area contributed by atoms with Crippen LogP contribution in [0.1, 0.15) is 28.5 Å². The van der Waals surface area contributed by atoms with Gasteiger partial charge in [0, 0.05) is 5.56 Å². The van der Waals surface area contributed by atoms with Crippen molar-refractivity contribution in [1.29, 1.82) is 0 Å². The smallest absolute Gasteiger partial charge is 0.289 e. The van der Waals surface area contributed by atoms with Crippen molar-refractivity contribution in [2.75, 3.05) is 0 Å². The van der Waals surface area contributed by atoms with Gasteiger partial charge in [0.25, 0.3) is 0 Å². The van der Waals surface area contributed by atoms with Crippen LogP contribution in [0.15, 0.2) is 66.4 Å². The highest BCUT2D eigenvalue weighted by Gasteiger charge is 2.30. The summed E-state index contributed by atoms with van der Waals surface area (Å²) < 4.78 is 37.8. The van der Waals surface area contributed by atoms with E-state index < -0.39 is 11.7 Å². The molecule has 132 valence electrons. The van der Waals surface area contributed by atoms with Gasteiger partial charge in [0.15, 0.2) is 5.78 Å². The van der Waals surface area contributed by atoms with Crippen molar-refractivity contribution >= 4 is 11.9 Å². The van der Waals surface area contributed by atoms with Crippen molar-refractivity contribution in [3.63, 3.8) is 0 Å². The summed E-state index contributed by atoms with van der Waals surface area (Å²) in [5.41, 5.74) is 0.999. The number of alkyl halides is 3. The number of carbonyl (C=O) groups is 1. The fraction of sp³-hybridized carbons (Fsp3) is 0.105. The molecule has 3 aromatic rings. The molecule has 1 heterocycles. The summed E-state index contributed by atoms with van der Waals surface area (Å²) in [7, 11) is 0. The second kappa shape index (κ2) is 6.95. The zero-order chi connectivity index (χ0) is 18.7. The zero-order valence-electron chi connectivity index (χ0n) is 13.7. The minimum Gasteiger partial charge on any atom is -0.289 e. The molecule has 2 aromatic carbocycles. The summed E-state index contributed by atoms with van der Waals surface area (Å²) >= 11 is 0. The average molecular weight is 357 g/mol. The Kier molecular flexibility index (Phi) is 4.71. The summed E-state index contributed by atoms with van der Waals surface area (Å²) in [5, 5.41) is 8.41. The number of para-hydroxylation sites is 1. The van der Waals surface area contributed by atoms with Crippen LogP contribution in [0.4, 0.5) is 13.2 Å². The molecule has 0 saturated carbocycles. The Balaban J connectivity index is 1.79. The third kappa shape index (κ3) is 3.88. The highest BCUT2D eigenvalue weighted by molar-refractivity contribution is 6.10. The predicted octanol–water partition coefficient (Wildman–Crippen LogP) is 4.57. The first-order valence-electron chi connectivity index (χ1n) is 7.72. The van der Waals surface area contributed by atoms with Gasteiger partial charge in [0.1, 0.15) is 5.69 Å². The van der Waals surface area contributed by atoms with E-state index in [9.17, 15) is 18.0 Å². The maximum atomic E-state index is 12.6. The van der Waals surface area contributed by atoms with E-state index in [1.54, 1.807) is 13.0 Å². The number of rotatable bonds is 4. The lowest BCUT2D eigenvalue weighted by molar-refractivity contribution is -0.137. The first-order valence-corrected chi connectivity index (χ1v) is 7.72. The van der Waals surface area contributed by atoms with Gasteiger partial charge in [-0.3, -0.25) is 4.79 Å². The van der Waals surface area contributed by atoms with Crippen molar-refractivity contribution in [3.05, 3.63) is 83.2 Å². The summed E-state index contributed by atoms with van der Waals surface area (Å²) in [4.78, 5) is 13.8. The molecular formula is C19H14F3N3O. The Morgan fingerprint density at radius 3 is 2.31 bits per heavy atom. The molecule has 0 saturated heterocycles. The predicted molar refractivity (Wildman–Crippen MR) is 90.8 cm³/mol. The lowest BCUT2D eigenvalue weighted by Gasteiger charge is -2.07. The normalized spacial score (nSPS) is 12.2. The highest BCUT2D eigenvalue weighted by Crippen LogP contribution is 2.29. The minimum atomic E-state index is -4.43. The van der Waals surface area contributed by atoms with Gasteiger partial charge in [-0.1, -0.05) is 30.3 Å². The van der Waals surface area contributed by atoms with Gasteiger partial charge < -0.3 is 0 Å². The van der Waals surface area contributed by atoms with E-state index in [-0.39, 0.29) is 11.3 Å². The van der Waals surface area contributed by atoms with Crippen LogP contribution in [0.5, 0.6) is 0 Å². The van der Waals surface area contributed by atoms with Crippen LogP contribution in [0.2, 0.25) is 0 Å². The third-order valence-electron chi connectivity index (χ3n) is 3.69. The Bertz CT molecular complexity index is 942. The molecule has 0 aliphatic rings. The molecule has 0 N–H and O–H groups in total. The molecule has 1 aromatic heterocycles. The molecule has 26 heavy (non-hydrogen) atoms. The van der Waals surface area contributed by atoms with Crippen LogP contribution in [-0.2, 0) is 6.18 Å². The molecule has 0 unspecified atom stereocenters. The summed E-state index contributed by atoms with van der Waals surface area (Å²) in [6, 6.07) is 13.4. The quantitative estimate of drug-likeness (QED) is 0.507. The van der Waals surface area contributed by atoms with E-state index in [0.29, 0.717) is 11.3 Å². The molecule has 0 amide bonds. The van der Waals surface area contributed by atoms with Crippen molar-refractivity contribution in [3.8, 4) is 5.69 Å². The number of hydrogen-bond donors (Lipinski definition) is 0. The number of allylic oxidation sites excluding steroid dienone is 1. The van der Waals surface area contributed by atoms with E-state index in [2.05, 4.69) is 10.2 Å². The number of aromatic nitrogens is 3. The fourth-order valence-corrected chi connectivity index (χ4v) is 2.35. The van der Waals surface area contributed by atoms with Gasteiger partial charge in [0.2, 0.25) is 0 Å². The topological polar surface area (TPSA) is 47.8 Å². The summed E-state index contributed by atoms with van der Waals surface area (Å²) in [6.07, 6.45) is -1.37. The molecule has 0 bridgehead atoms. The standard InChI is InChI=1S/C19H14F3N3O/c1-13(18(26)14-7-9-15(10-8-14)19(20,21)22)11-16-12-23-25(24-16)17-5-3-2-4-6-17/h2-12H,1H3/b13-11+. The van der Waals surface area contributed by atoms with E-state index >= 15 is 0 Å². The number of Topliss-reactive ketones (excluding diaryl/α,β-unsaturated/α-hetero) is 1. The van der Waals surface area contributed by atoms with Crippen molar-refractivity contribution in [1.82, 2.24) is 15.0 Å². The van der Waals surface area contributed by atoms with Crippen LogP contribution < -0.4 is 0 Å². The number of halogens is 3.